The second-order valence-electron chi connectivity index (χ2n) is 3.50. The SMILES string of the molecule is O=[N+]([O-])c1ccc(CNCCc2cccs2)s1. The van der Waals surface area contributed by atoms with Crippen LogP contribution in [-0.4, -0.2) is 11.5 Å². The van der Waals surface area contributed by atoms with Gasteiger partial charge in [-0.05, 0) is 23.9 Å². The highest BCUT2D eigenvalue weighted by molar-refractivity contribution is 7.15. The number of thiophene rings is 2. The third kappa shape index (κ3) is 3.62. The van der Waals surface area contributed by atoms with Crippen LogP contribution in [0.25, 0.3) is 0 Å². The quantitative estimate of drug-likeness (QED) is 0.497. The summed E-state index contributed by atoms with van der Waals surface area (Å²) >= 11 is 2.98. The van der Waals surface area contributed by atoms with Crippen LogP contribution in [0.5, 0.6) is 0 Å². The summed E-state index contributed by atoms with van der Waals surface area (Å²) in [5.41, 5.74) is 0. The Morgan fingerprint density at radius 2 is 2.18 bits per heavy atom. The average molecular weight is 268 g/mol. The molecule has 0 aliphatic carbocycles. The van der Waals surface area contributed by atoms with Gasteiger partial charge in [0.2, 0.25) is 0 Å². The molecule has 0 saturated heterocycles. The predicted octanol–water partition coefficient (Wildman–Crippen LogP) is 3.05. The van der Waals surface area contributed by atoms with Crippen molar-refractivity contribution in [1.82, 2.24) is 5.32 Å². The Hall–Kier alpha value is -1.24. The lowest BCUT2D eigenvalue weighted by Crippen LogP contribution is -2.15. The Morgan fingerprint density at radius 3 is 2.82 bits per heavy atom. The Morgan fingerprint density at radius 1 is 1.29 bits per heavy atom. The van der Waals surface area contributed by atoms with Crippen LogP contribution in [0.4, 0.5) is 5.00 Å². The minimum atomic E-state index is -0.347. The van der Waals surface area contributed by atoms with Crippen LogP contribution in [0, 0.1) is 10.1 Å². The largest absolute Gasteiger partial charge is 0.324 e. The standard InChI is InChI=1S/C11H12N2O2S2/c14-13(15)11-4-3-10(17-11)8-12-6-5-9-2-1-7-16-9/h1-4,7,12H,5-6,8H2. The van der Waals surface area contributed by atoms with Crippen LogP contribution in [0.3, 0.4) is 0 Å². The summed E-state index contributed by atoms with van der Waals surface area (Å²) in [6.45, 7) is 1.59. The van der Waals surface area contributed by atoms with E-state index in [0.29, 0.717) is 6.54 Å². The van der Waals surface area contributed by atoms with E-state index >= 15 is 0 Å². The fraction of sp³-hybridized carbons (Fsp3) is 0.273. The highest BCUT2D eigenvalue weighted by atomic mass is 32.1. The maximum absolute atomic E-state index is 10.5. The Labute approximate surface area is 107 Å². The summed E-state index contributed by atoms with van der Waals surface area (Å²) in [5.74, 6) is 0. The number of hydrogen-bond donors (Lipinski definition) is 1. The lowest BCUT2D eigenvalue weighted by atomic mass is 10.3. The molecule has 90 valence electrons. The first-order valence-corrected chi connectivity index (χ1v) is 6.91. The second kappa shape index (κ2) is 5.90. The molecule has 2 aromatic heterocycles. The maximum atomic E-state index is 10.5. The van der Waals surface area contributed by atoms with Crippen molar-refractivity contribution in [2.75, 3.05) is 6.54 Å². The third-order valence-corrected chi connectivity index (χ3v) is 4.23. The zero-order valence-electron chi connectivity index (χ0n) is 9.09. The monoisotopic (exact) mass is 268 g/mol. The van der Waals surface area contributed by atoms with E-state index in [2.05, 4.69) is 16.8 Å². The van der Waals surface area contributed by atoms with Gasteiger partial charge in [0, 0.05) is 28.9 Å². The van der Waals surface area contributed by atoms with Gasteiger partial charge in [0.05, 0.1) is 4.92 Å². The number of nitro groups is 1. The number of nitrogens with one attached hydrogen (secondary N) is 1. The van der Waals surface area contributed by atoms with E-state index < -0.39 is 0 Å². The van der Waals surface area contributed by atoms with Gasteiger partial charge in [0.15, 0.2) is 0 Å². The lowest BCUT2D eigenvalue weighted by molar-refractivity contribution is -0.380. The molecule has 0 aliphatic rings. The highest BCUT2D eigenvalue weighted by Gasteiger charge is 2.08. The van der Waals surface area contributed by atoms with E-state index in [4.69, 9.17) is 0 Å². The van der Waals surface area contributed by atoms with E-state index in [-0.39, 0.29) is 9.92 Å². The number of nitrogens with zero attached hydrogens (tertiary/aromatic N) is 1. The molecule has 0 aromatic carbocycles. The normalized spacial score (nSPS) is 10.6. The molecule has 0 amide bonds. The molecule has 0 bridgehead atoms. The van der Waals surface area contributed by atoms with Crippen molar-refractivity contribution in [3.8, 4) is 0 Å². The van der Waals surface area contributed by atoms with Gasteiger partial charge in [0.25, 0.3) is 0 Å². The Balaban J connectivity index is 1.72. The van der Waals surface area contributed by atoms with Gasteiger partial charge < -0.3 is 5.32 Å². The lowest BCUT2D eigenvalue weighted by Gasteiger charge is -2.00. The molecule has 2 rings (SSSR count). The predicted molar refractivity (Wildman–Crippen MR) is 70.7 cm³/mol. The Bertz CT molecular complexity index is 479. The van der Waals surface area contributed by atoms with Gasteiger partial charge in [-0.2, -0.15) is 0 Å². The van der Waals surface area contributed by atoms with Crippen LogP contribution in [0.15, 0.2) is 29.6 Å². The minimum absolute atomic E-state index is 0.208. The van der Waals surface area contributed by atoms with Crippen LogP contribution in [-0.2, 0) is 13.0 Å². The molecule has 0 saturated carbocycles. The van der Waals surface area contributed by atoms with Gasteiger partial charge in [-0.3, -0.25) is 10.1 Å². The van der Waals surface area contributed by atoms with Crippen molar-refractivity contribution in [1.29, 1.82) is 0 Å². The first-order valence-electron chi connectivity index (χ1n) is 5.22. The first kappa shape index (κ1) is 12.2. The molecular weight excluding hydrogens is 256 g/mol. The van der Waals surface area contributed by atoms with Crippen LogP contribution < -0.4 is 5.32 Å². The minimum Gasteiger partial charge on any atom is -0.311 e. The van der Waals surface area contributed by atoms with Crippen LogP contribution >= 0.6 is 22.7 Å². The molecule has 1 N–H and O–H groups in total. The molecule has 0 unspecified atom stereocenters. The Kier molecular flexibility index (Phi) is 4.24. The van der Waals surface area contributed by atoms with Crippen molar-refractivity contribution in [2.24, 2.45) is 0 Å². The van der Waals surface area contributed by atoms with E-state index in [1.807, 2.05) is 6.07 Å². The summed E-state index contributed by atoms with van der Waals surface area (Å²) in [7, 11) is 0. The van der Waals surface area contributed by atoms with E-state index in [0.717, 1.165) is 17.8 Å². The van der Waals surface area contributed by atoms with Crippen molar-refractivity contribution >= 4 is 27.7 Å². The van der Waals surface area contributed by atoms with Gasteiger partial charge in [-0.25, -0.2) is 0 Å². The molecule has 2 heterocycles. The van der Waals surface area contributed by atoms with Gasteiger partial charge in [0.1, 0.15) is 0 Å². The van der Waals surface area contributed by atoms with E-state index in [1.165, 1.54) is 16.2 Å². The smallest absolute Gasteiger partial charge is 0.311 e. The third-order valence-electron chi connectivity index (χ3n) is 2.25. The molecule has 17 heavy (non-hydrogen) atoms. The maximum Gasteiger partial charge on any atom is 0.324 e. The fourth-order valence-corrected chi connectivity index (χ4v) is 2.94. The van der Waals surface area contributed by atoms with Crippen molar-refractivity contribution in [2.45, 2.75) is 13.0 Å². The molecule has 0 aliphatic heterocycles. The molecule has 2 aromatic rings. The first-order chi connectivity index (χ1) is 8.25. The number of rotatable bonds is 6. The van der Waals surface area contributed by atoms with Crippen molar-refractivity contribution < 1.29 is 4.92 Å². The van der Waals surface area contributed by atoms with Crippen molar-refractivity contribution in [3.05, 3.63) is 49.5 Å². The molecule has 6 heteroatoms. The molecule has 0 spiro atoms. The fourth-order valence-electron chi connectivity index (χ4n) is 1.44. The van der Waals surface area contributed by atoms with Crippen molar-refractivity contribution in [3.63, 3.8) is 0 Å². The van der Waals surface area contributed by atoms with E-state index in [1.54, 1.807) is 23.5 Å². The van der Waals surface area contributed by atoms with Crippen LogP contribution in [0.1, 0.15) is 9.75 Å². The summed E-state index contributed by atoms with van der Waals surface area (Å²) in [4.78, 5) is 12.5. The van der Waals surface area contributed by atoms with Crippen LogP contribution in [0.2, 0.25) is 0 Å². The summed E-state index contributed by atoms with van der Waals surface area (Å²) in [6, 6.07) is 7.52. The average Bonchev–Trinajstić information content (AvgIpc) is 2.96. The molecular formula is C11H12N2O2S2. The zero-order valence-corrected chi connectivity index (χ0v) is 10.7. The molecule has 0 fully saturated rings. The topological polar surface area (TPSA) is 55.2 Å². The van der Waals surface area contributed by atoms with Gasteiger partial charge in [-0.1, -0.05) is 17.4 Å². The summed E-state index contributed by atoms with van der Waals surface area (Å²) in [6.07, 6.45) is 1.01. The van der Waals surface area contributed by atoms with Gasteiger partial charge in [-0.15, -0.1) is 11.3 Å². The number of hydrogen-bond acceptors (Lipinski definition) is 5. The molecule has 0 atom stereocenters. The highest BCUT2D eigenvalue weighted by Crippen LogP contribution is 2.23. The summed E-state index contributed by atoms with van der Waals surface area (Å²) in [5, 5.41) is 16.1. The van der Waals surface area contributed by atoms with E-state index in [9.17, 15) is 10.1 Å². The second-order valence-corrected chi connectivity index (χ2v) is 5.68. The zero-order chi connectivity index (χ0) is 12.1. The summed E-state index contributed by atoms with van der Waals surface area (Å²) < 4.78 is 0. The molecule has 4 nitrogen and oxygen atoms in total. The molecule has 0 radical (unpaired) electrons. The van der Waals surface area contributed by atoms with Gasteiger partial charge >= 0.3 is 5.00 Å².